The van der Waals surface area contributed by atoms with Crippen LogP contribution in [0.1, 0.15) is 26.7 Å². The van der Waals surface area contributed by atoms with Crippen molar-refractivity contribution in [1.29, 1.82) is 0 Å². The maximum Gasteiger partial charge on any atom is 0.383 e. The number of hydrogen-bond donors (Lipinski definition) is 1. The lowest BCUT2D eigenvalue weighted by molar-refractivity contribution is -0.141. The molecule has 0 spiro atoms. The van der Waals surface area contributed by atoms with Gasteiger partial charge in [0, 0.05) is 13.0 Å². The highest BCUT2D eigenvalue weighted by molar-refractivity contribution is 5.86. The molecule has 0 radical (unpaired) electrons. The predicted molar refractivity (Wildman–Crippen MR) is 86.7 cm³/mol. The van der Waals surface area contributed by atoms with E-state index in [0.29, 0.717) is 37.2 Å². The van der Waals surface area contributed by atoms with Gasteiger partial charge in [-0.3, -0.25) is 4.79 Å². The van der Waals surface area contributed by atoms with Crippen LogP contribution in [0.25, 0.3) is 11.0 Å². The second-order valence-corrected chi connectivity index (χ2v) is 5.05. The van der Waals surface area contributed by atoms with Gasteiger partial charge in [-0.1, -0.05) is 0 Å². The van der Waals surface area contributed by atoms with E-state index in [4.69, 9.17) is 18.6 Å². The van der Waals surface area contributed by atoms with E-state index < -0.39 is 5.63 Å². The predicted octanol–water partition coefficient (Wildman–Crippen LogP) is 2.62. The normalized spacial score (nSPS) is 10.6. The number of fused-ring (bicyclic) bond motifs is 1. The van der Waals surface area contributed by atoms with Gasteiger partial charge in [0.15, 0.2) is 5.75 Å². The van der Waals surface area contributed by atoms with Crippen molar-refractivity contribution in [1.82, 2.24) is 0 Å². The maximum absolute atomic E-state index is 11.8. The largest absolute Gasteiger partial charge is 0.504 e. The molecule has 1 heterocycles. The van der Waals surface area contributed by atoms with Gasteiger partial charge in [0.25, 0.3) is 0 Å². The second kappa shape index (κ2) is 8.24. The Hall–Kier alpha value is -2.70. The van der Waals surface area contributed by atoms with Crippen molar-refractivity contribution >= 4 is 16.9 Å². The van der Waals surface area contributed by atoms with Crippen LogP contribution < -0.4 is 15.1 Å². The second-order valence-electron chi connectivity index (χ2n) is 5.05. The van der Waals surface area contributed by atoms with Crippen LogP contribution in [0, 0.1) is 0 Å². The number of ether oxygens (including phenoxy) is 3. The van der Waals surface area contributed by atoms with Gasteiger partial charge < -0.3 is 23.7 Å². The molecule has 0 saturated heterocycles. The summed E-state index contributed by atoms with van der Waals surface area (Å²) in [5, 5.41) is 10.5. The molecule has 7 heteroatoms. The number of hydrogen-bond acceptors (Lipinski definition) is 7. The van der Waals surface area contributed by atoms with Gasteiger partial charge in [0.2, 0.25) is 5.75 Å². The lowest BCUT2D eigenvalue weighted by atomic mass is 10.2. The number of esters is 1. The molecular formula is C17H20O7. The molecule has 0 atom stereocenters. The average Bonchev–Trinajstić information content (AvgIpc) is 2.54. The van der Waals surface area contributed by atoms with Crippen molar-refractivity contribution in [3.63, 3.8) is 0 Å². The Morgan fingerprint density at radius 2 is 1.96 bits per heavy atom. The molecule has 2 rings (SSSR count). The van der Waals surface area contributed by atoms with Crippen LogP contribution in [-0.2, 0) is 9.53 Å². The summed E-state index contributed by atoms with van der Waals surface area (Å²) in [5.41, 5.74) is -0.515. The van der Waals surface area contributed by atoms with E-state index in [9.17, 15) is 14.7 Å². The molecule has 0 aliphatic heterocycles. The fourth-order valence-corrected chi connectivity index (χ4v) is 2.12. The van der Waals surface area contributed by atoms with Gasteiger partial charge in [-0.05, 0) is 31.9 Å². The molecule has 0 unspecified atom stereocenters. The van der Waals surface area contributed by atoms with E-state index in [1.807, 2.05) is 0 Å². The SMILES string of the molecule is CCOc1c(O)c2ccc(OCCCCOC(C)=O)cc2oc1=O. The van der Waals surface area contributed by atoms with Crippen LogP contribution in [0.2, 0.25) is 0 Å². The molecule has 130 valence electrons. The molecule has 0 fully saturated rings. The summed E-state index contributed by atoms with van der Waals surface area (Å²) in [5.74, 6) is -0.214. The van der Waals surface area contributed by atoms with Crippen molar-refractivity contribution in [2.24, 2.45) is 0 Å². The number of carbonyl (C=O) groups excluding carboxylic acids is 1. The van der Waals surface area contributed by atoms with Gasteiger partial charge in [0.05, 0.1) is 25.2 Å². The minimum atomic E-state index is -0.736. The number of rotatable bonds is 8. The molecule has 0 aliphatic rings. The van der Waals surface area contributed by atoms with Crippen LogP contribution in [-0.4, -0.2) is 30.9 Å². The van der Waals surface area contributed by atoms with Crippen LogP contribution in [0.3, 0.4) is 0 Å². The third-order valence-corrected chi connectivity index (χ3v) is 3.21. The third kappa shape index (κ3) is 4.41. The molecule has 1 N–H and O–H groups in total. The zero-order chi connectivity index (χ0) is 17.5. The molecule has 1 aromatic heterocycles. The third-order valence-electron chi connectivity index (χ3n) is 3.21. The monoisotopic (exact) mass is 336 g/mol. The highest BCUT2D eigenvalue weighted by Crippen LogP contribution is 2.33. The van der Waals surface area contributed by atoms with Crippen molar-refractivity contribution < 1.29 is 28.5 Å². The standard InChI is InChI=1S/C17H20O7/c1-3-21-16-15(19)13-7-6-12(10-14(13)24-17(16)20)23-9-5-4-8-22-11(2)18/h6-7,10,19H,3-5,8-9H2,1-2H3. The van der Waals surface area contributed by atoms with E-state index in [2.05, 4.69) is 0 Å². The van der Waals surface area contributed by atoms with E-state index in [0.717, 1.165) is 0 Å². The molecule has 0 saturated carbocycles. The van der Waals surface area contributed by atoms with Crippen molar-refractivity contribution in [3.8, 4) is 17.2 Å². The summed E-state index contributed by atoms with van der Waals surface area (Å²) in [6.07, 6.45) is 1.41. The summed E-state index contributed by atoms with van der Waals surface area (Å²) in [7, 11) is 0. The van der Waals surface area contributed by atoms with Gasteiger partial charge in [-0.25, -0.2) is 4.79 Å². The number of carbonyl (C=O) groups is 1. The first-order valence-corrected chi connectivity index (χ1v) is 7.71. The first-order chi connectivity index (χ1) is 11.5. The van der Waals surface area contributed by atoms with Crippen molar-refractivity contribution in [3.05, 3.63) is 28.6 Å². The number of unbranched alkanes of at least 4 members (excludes halogenated alkanes) is 1. The van der Waals surface area contributed by atoms with Gasteiger partial charge in [-0.15, -0.1) is 0 Å². The lowest BCUT2D eigenvalue weighted by Gasteiger charge is -2.09. The topological polar surface area (TPSA) is 95.2 Å². The Balaban J connectivity index is 2.02. The zero-order valence-corrected chi connectivity index (χ0v) is 13.7. The van der Waals surface area contributed by atoms with E-state index >= 15 is 0 Å². The van der Waals surface area contributed by atoms with Crippen LogP contribution >= 0.6 is 0 Å². The van der Waals surface area contributed by atoms with E-state index in [1.54, 1.807) is 19.1 Å². The van der Waals surface area contributed by atoms with Crippen LogP contribution in [0.15, 0.2) is 27.4 Å². The lowest BCUT2D eigenvalue weighted by Crippen LogP contribution is -2.07. The maximum atomic E-state index is 11.8. The van der Waals surface area contributed by atoms with Crippen molar-refractivity contribution in [2.75, 3.05) is 19.8 Å². The zero-order valence-electron chi connectivity index (χ0n) is 13.7. The van der Waals surface area contributed by atoms with Gasteiger partial charge in [-0.2, -0.15) is 0 Å². The molecule has 7 nitrogen and oxygen atoms in total. The summed E-state index contributed by atoms with van der Waals surface area (Å²) in [6.45, 7) is 4.12. The first kappa shape index (κ1) is 17.7. The molecule has 2 aromatic rings. The number of aromatic hydroxyl groups is 1. The first-order valence-electron chi connectivity index (χ1n) is 7.71. The molecule has 1 aromatic carbocycles. The summed E-state index contributed by atoms with van der Waals surface area (Å²) < 4.78 is 20.7. The van der Waals surface area contributed by atoms with Gasteiger partial charge in [0.1, 0.15) is 11.3 Å². The van der Waals surface area contributed by atoms with E-state index in [1.165, 1.54) is 13.0 Å². The molecule has 24 heavy (non-hydrogen) atoms. The molecule has 0 bridgehead atoms. The Morgan fingerprint density at radius 3 is 2.67 bits per heavy atom. The van der Waals surface area contributed by atoms with E-state index in [-0.39, 0.29) is 29.7 Å². The Morgan fingerprint density at radius 1 is 1.21 bits per heavy atom. The summed E-state index contributed by atoms with van der Waals surface area (Å²) >= 11 is 0. The van der Waals surface area contributed by atoms with Crippen LogP contribution in [0.4, 0.5) is 0 Å². The summed E-state index contributed by atoms with van der Waals surface area (Å²) in [6, 6.07) is 4.81. The Bertz CT molecular complexity index is 763. The van der Waals surface area contributed by atoms with Crippen LogP contribution in [0.5, 0.6) is 17.2 Å². The van der Waals surface area contributed by atoms with Crippen molar-refractivity contribution in [2.45, 2.75) is 26.7 Å². The average molecular weight is 336 g/mol. The molecule has 0 aliphatic carbocycles. The quantitative estimate of drug-likeness (QED) is 0.450. The molecule has 0 amide bonds. The highest BCUT2D eigenvalue weighted by atomic mass is 16.5. The smallest absolute Gasteiger partial charge is 0.383 e. The Kier molecular flexibility index (Phi) is 6.06. The van der Waals surface area contributed by atoms with Gasteiger partial charge >= 0.3 is 11.6 Å². The molecular weight excluding hydrogens is 316 g/mol. The Labute approximate surface area is 138 Å². The highest BCUT2D eigenvalue weighted by Gasteiger charge is 2.15. The fraction of sp³-hybridized carbons (Fsp3) is 0.412. The fourth-order valence-electron chi connectivity index (χ4n) is 2.12. The summed E-state index contributed by atoms with van der Waals surface area (Å²) in [4.78, 5) is 22.4. The minimum Gasteiger partial charge on any atom is -0.504 e. The minimum absolute atomic E-state index is 0.191. The number of benzene rings is 1.